The summed E-state index contributed by atoms with van der Waals surface area (Å²) in [6.45, 7) is 2.30. The molecule has 0 rings (SSSR count). The van der Waals surface area contributed by atoms with E-state index in [1.807, 2.05) is 0 Å². The SMILES string of the molecule is CC[N]C(Cl)(Cl)C(Cl)Cl. The Balaban J connectivity index is 3.70. The fourth-order valence-electron chi connectivity index (χ4n) is 0.280. The van der Waals surface area contributed by atoms with Gasteiger partial charge < -0.3 is 0 Å². The van der Waals surface area contributed by atoms with Crippen LogP contribution in [-0.2, 0) is 0 Å². The fourth-order valence-corrected chi connectivity index (χ4v) is 0.657. The first-order valence-electron chi connectivity index (χ1n) is 2.35. The van der Waals surface area contributed by atoms with Gasteiger partial charge in [-0.1, -0.05) is 30.1 Å². The van der Waals surface area contributed by atoms with E-state index in [9.17, 15) is 0 Å². The van der Waals surface area contributed by atoms with Crippen LogP contribution in [0.25, 0.3) is 0 Å². The van der Waals surface area contributed by atoms with Crippen LogP contribution in [0, 0.1) is 0 Å². The van der Waals surface area contributed by atoms with E-state index in [1.165, 1.54) is 0 Å². The van der Waals surface area contributed by atoms with Gasteiger partial charge in [-0.05, 0) is 0 Å². The normalized spacial score (nSPS) is 12.7. The Labute approximate surface area is 74.6 Å². The molecular weight excluding hydrogens is 204 g/mol. The van der Waals surface area contributed by atoms with Crippen molar-refractivity contribution >= 4 is 46.4 Å². The van der Waals surface area contributed by atoms with Gasteiger partial charge in [0.2, 0.25) is 4.46 Å². The molecule has 0 saturated heterocycles. The summed E-state index contributed by atoms with van der Waals surface area (Å²) in [5.41, 5.74) is 0. The lowest BCUT2D eigenvalue weighted by Crippen LogP contribution is -2.33. The molecule has 0 bridgehead atoms. The molecule has 9 heavy (non-hydrogen) atoms. The van der Waals surface area contributed by atoms with Crippen LogP contribution in [-0.4, -0.2) is 15.8 Å². The summed E-state index contributed by atoms with van der Waals surface area (Å²) in [7, 11) is 0. The molecular formula is C4H6Cl4N. The highest BCUT2D eigenvalue weighted by molar-refractivity contribution is 6.59. The predicted molar refractivity (Wildman–Crippen MR) is 42.6 cm³/mol. The lowest BCUT2D eigenvalue weighted by Gasteiger charge is -2.18. The molecule has 0 aromatic carbocycles. The van der Waals surface area contributed by atoms with Crippen LogP contribution < -0.4 is 5.32 Å². The number of nitrogens with zero attached hydrogens (tertiary/aromatic N) is 1. The number of halogens is 4. The topological polar surface area (TPSA) is 14.1 Å². The lowest BCUT2D eigenvalue weighted by molar-refractivity contribution is 0.629. The predicted octanol–water partition coefficient (Wildman–Crippen LogP) is 2.55. The molecule has 0 unspecified atom stereocenters. The molecule has 5 heteroatoms. The molecule has 0 aliphatic heterocycles. The van der Waals surface area contributed by atoms with Crippen LogP contribution in [0.2, 0.25) is 0 Å². The van der Waals surface area contributed by atoms with Crippen molar-refractivity contribution in [2.24, 2.45) is 0 Å². The highest BCUT2D eigenvalue weighted by Crippen LogP contribution is 2.29. The van der Waals surface area contributed by atoms with Gasteiger partial charge in [0.1, 0.15) is 0 Å². The zero-order chi connectivity index (χ0) is 7.49. The van der Waals surface area contributed by atoms with E-state index in [0.29, 0.717) is 6.54 Å². The summed E-state index contributed by atoms with van der Waals surface area (Å²) in [6.07, 6.45) is 0. The Kier molecular flexibility index (Phi) is 4.60. The smallest absolute Gasteiger partial charge is 0.203 e. The molecule has 0 atom stereocenters. The summed E-state index contributed by atoms with van der Waals surface area (Å²) in [5, 5.41) is 3.72. The number of hydrogen-bond acceptors (Lipinski definition) is 0. The van der Waals surface area contributed by atoms with E-state index >= 15 is 0 Å². The van der Waals surface area contributed by atoms with Crippen molar-refractivity contribution in [3.8, 4) is 0 Å². The average Bonchev–Trinajstić information content (AvgIpc) is 1.65. The molecule has 0 saturated carbocycles. The molecule has 0 aromatic rings. The Morgan fingerprint density at radius 1 is 1.44 bits per heavy atom. The minimum absolute atomic E-state index is 0.503. The van der Waals surface area contributed by atoms with Gasteiger partial charge in [0, 0.05) is 6.54 Å². The van der Waals surface area contributed by atoms with Crippen molar-refractivity contribution < 1.29 is 0 Å². The van der Waals surface area contributed by atoms with Crippen LogP contribution in [0.5, 0.6) is 0 Å². The van der Waals surface area contributed by atoms with Gasteiger partial charge in [0.15, 0.2) is 4.84 Å². The van der Waals surface area contributed by atoms with Crippen molar-refractivity contribution in [3.05, 3.63) is 0 Å². The summed E-state index contributed by atoms with van der Waals surface area (Å²) < 4.78 is -1.35. The van der Waals surface area contributed by atoms with Crippen molar-refractivity contribution in [1.29, 1.82) is 0 Å². The Morgan fingerprint density at radius 2 is 1.89 bits per heavy atom. The van der Waals surface area contributed by atoms with Gasteiger partial charge in [-0.25, -0.2) is 5.32 Å². The van der Waals surface area contributed by atoms with Crippen LogP contribution in [0.3, 0.4) is 0 Å². The summed E-state index contributed by atoms with van der Waals surface area (Å²) >= 11 is 21.7. The summed E-state index contributed by atoms with van der Waals surface area (Å²) in [5.74, 6) is 0. The zero-order valence-electron chi connectivity index (χ0n) is 4.74. The minimum Gasteiger partial charge on any atom is -0.203 e. The number of hydrogen-bond donors (Lipinski definition) is 0. The van der Waals surface area contributed by atoms with E-state index in [2.05, 4.69) is 5.32 Å². The van der Waals surface area contributed by atoms with Crippen LogP contribution in [0.15, 0.2) is 0 Å². The molecule has 55 valence electrons. The standard InChI is InChI=1S/C4H6Cl4N/c1-2-9-4(7,8)3(5)6/h3H,2H2,1H3. The number of alkyl halides is 4. The lowest BCUT2D eigenvalue weighted by atomic mass is 10.6. The molecule has 0 aliphatic carbocycles. The molecule has 0 fully saturated rings. The third-order valence-electron chi connectivity index (χ3n) is 0.631. The van der Waals surface area contributed by atoms with E-state index in [1.54, 1.807) is 6.92 Å². The molecule has 0 aromatic heterocycles. The Hall–Kier alpha value is 1.12. The van der Waals surface area contributed by atoms with Crippen molar-refractivity contribution in [2.45, 2.75) is 16.2 Å². The van der Waals surface area contributed by atoms with E-state index in [-0.39, 0.29) is 0 Å². The average molecular weight is 210 g/mol. The van der Waals surface area contributed by atoms with Gasteiger partial charge >= 0.3 is 0 Å². The van der Waals surface area contributed by atoms with E-state index in [4.69, 9.17) is 46.4 Å². The molecule has 0 amide bonds. The van der Waals surface area contributed by atoms with Crippen molar-refractivity contribution in [2.75, 3.05) is 6.54 Å². The second-order valence-corrected chi connectivity index (χ2v) is 3.81. The molecule has 0 spiro atoms. The summed E-state index contributed by atoms with van der Waals surface area (Å²) in [6, 6.07) is 0. The number of rotatable bonds is 3. The first-order chi connectivity index (χ1) is 4.00. The second kappa shape index (κ2) is 4.09. The van der Waals surface area contributed by atoms with Crippen LogP contribution >= 0.6 is 46.4 Å². The van der Waals surface area contributed by atoms with Gasteiger partial charge in [-0.15, -0.1) is 23.2 Å². The van der Waals surface area contributed by atoms with Gasteiger partial charge in [-0.2, -0.15) is 0 Å². The highest BCUT2D eigenvalue weighted by Gasteiger charge is 2.31. The maximum atomic E-state index is 5.51. The van der Waals surface area contributed by atoms with Crippen LogP contribution in [0.4, 0.5) is 0 Å². The maximum absolute atomic E-state index is 5.51. The Morgan fingerprint density at radius 3 is 2.00 bits per heavy atom. The third-order valence-corrected chi connectivity index (χ3v) is 2.39. The van der Waals surface area contributed by atoms with Crippen molar-refractivity contribution in [1.82, 2.24) is 5.32 Å². The second-order valence-electron chi connectivity index (χ2n) is 1.36. The zero-order valence-corrected chi connectivity index (χ0v) is 7.77. The quantitative estimate of drug-likeness (QED) is 0.501. The van der Waals surface area contributed by atoms with Gasteiger partial charge in [-0.3, -0.25) is 0 Å². The van der Waals surface area contributed by atoms with E-state index in [0.717, 1.165) is 0 Å². The molecule has 0 heterocycles. The summed E-state index contributed by atoms with van der Waals surface area (Å²) in [4.78, 5) is -0.874. The maximum Gasteiger partial charge on any atom is 0.213 e. The highest BCUT2D eigenvalue weighted by atomic mass is 35.5. The van der Waals surface area contributed by atoms with Crippen LogP contribution in [0.1, 0.15) is 6.92 Å². The fraction of sp³-hybridized carbons (Fsp3) is 1.00. The monoisotopic (exact) mass is 208 g/mol. The van der Waals surface area contributed by atoms with Gasteiger partial charge in [0.25, 0.3) is 0 Å². The largest absolute Gasteiger partial charge is 0.213 e. The molecule has 0 N–H and O–H groups in total. The molecule has 1 radical (unpaired) electrons. The first kappa shape index (κ1) is 10.1. The minimum atomic E-state index is -1.35. The van der Waals surface area contributed by atoms with Crippen molar-refractivity contribution in [3.63, 3.8) is 0 Å². The van der Waals surface area contributed by atoms with Gasteiger partial charge in [0.05, 0.1) is 0 Å². The Bertz CT molecular complexity index is 82.6. The molecule has 1 nitrogen and oxygen atoms in total. The molecule has 0 aliphatic rings. The van der Waals surface area contributed by atoms with E-state index < -0.39 is 9.29 Å². The third kappa shape index (κ3) is 3.74. The first-order valence-corrected chi connectivity index (χ1v) is 3.98.